The molecule has 0 aliphatic heterocycles. The molecule has 0 heterocycles. The van der Waals surface area contributed by atoms with Gasteiger partial charge in [-0.15, -0.1) is 0 Å². The Balaban J connectivity index is 1.30. The maximum atomic E-state index is 12.7. The smallest absolute Gasteiger partial charge is 0.255 e. The van der Waals surface area contributed by atoms with Crippen molar-refractivity contribution >= 4 is 23.2 Å². The molecule has 6 heteroatoms. The highest BCUT2D eigenvalue weighted by Gasteiger charge is 2.32. The van der Waals surface area contributed by atoms with Gasteiger partial charge in [0.1, 0.15) is 5.75 Å². The van der Waals surface area contributed by atoms with Crippen molar-refractivity contribution in [2.75, 3.05) is 24.3 Å². The van der Waals surface area contributed by atoms with Crippen molar-refractivity contribution < 1.29 is 14.3 Å². The van der Waals surface area contributed by atoms with Gasteiger partial charge in [-0.1, -0.05) is 42.5 Å². The van der Waals surface area contributed by atoms with Gasteiger partial charge in [-0.25, -0.2) is 0 Å². The quantitative estimate of drug-likeness (QED) is 0.383. The molecule has 6 nitrogen and oxygen atoms in total. The Kier molecular flexibility index (Phi) is 8.16. The molecule has 0 saturated heterocycles. The highest BCUT2D eigenvalue weighted by Crippen LogP contribution is 2.35. The number of ether oxygens (including phenoxy) is 1. The van der Waals surface area contributed by atoms with E-state index in [1.54, 1.807) is 43.5 Å². The first-order valence-corrected chi connectivity index (χ1v) is 12.2. The van der Waals surface area contributed by atoms with Crippen LogP contribution in [0, 0.1) is 5.92 Å². The van der Waals surface area contributed by atoms with Gasteiger partial charge in [-0.3, -0.25) is 14.5 Å². The van der Waals surface area contributed by atoms with Gasteiger partial charge in [0.05, 0.1) is 12.8 Å². The largest absolute Gasteiger partial charge is 0.495 e. The van der Waals surface area contributed by atoms with E-state index in [2.05, 4.69) is 46.7 Å². The summed E-state index contributed by atoms with van der Waals surface area (Å²) in [5.74, 6) is 1.06. The third-order valence-corrected chi connectivity index (χ3v) is 6.52. The molecule has 1 aliphatic rings. The summed E-state index contributed by atoms with van der Waals surface area (Å²) in [6.45, 7) is 3.83. The molecule has 0 aromatic heterocycles. The summed E-state index contributed by atoms with van der Waals surface area (Å²) in [4.78, 5) is 27.7. The van der Waals surface area contributed by atoms with E-state index in [0.717, 1.165) is 12.5 Å². The van der Waals surface area contributed by atoms with Crippen LogP contribution in [0.1, 0.15) is 42.1 Å². The lowest BCUT2D eigenvalue weighted by molar-refractivity contribution is -0.116. The molecule has 1 saturated carbocycles. The maximum Gasteiger partial charge on any atom is 0.255 e. The molecular formula is C29H33N3O3. The first-order chi connectivity index (χ1) is 17.0. The molecule has 0 radical (unpaired) electrons. The zero-order chi connectivity index (χ0) is 24.6. The molecule has 0 bridgehead atoms. The SMILES string of the molecule is COc1ccccc1NC(=O)c1ccc(NC(=O)CCN(Cc2ccccc2)C(C)C2CC2)cc1. The Bertz CT molecular complexity index is 1130. The van der Waals surface area contributed by atoms with Crippen LogP contribution in [0.3, 0.4) is 0 Å². The Morgan fingerprint density at radius 2 is 1.63 bits per heavy atom. The van der Waals surface area contributed by atoms with Crippen molar-refractivity contribution in [3.05, 3.63) is 90.0 Å². The number of carbonyl (C=O) groups is 2. The zero-order valence-corrected chi connectivity index (χ0v) is 20.4. The van der Waals surface area contributed by atoms with Crippen molar-refractivity contribution in [3.63, 3.8) is 0 Å². The van der Waals surface area contributed by atoms with Crippen molar-refractivity contribution in [1.29, 1.82) is 0 Å². The van der Waals surface area contributed by atoms with Crippen LogP contribution in [-0.4, -0.2) is 36.4 Å². The number of nitrogens with zero attached hydrogens (tertiary/aromatic N) is 1. The number of methoxy groups -OCH3 is 1. The number of carbonyl (C=O) groups excluding carboxylic acids is 2. The molecule has 182 valence electrons. The van der Waals surface area contributed by atoms with Crippen molar-refractivity contribution in [2.24, 2.45) is 5.92 Å². The minimum atomic E-state index is -0.238. The molecule has 3 aromatic carbocycles. The van der Waals surface area contributed by atoms with E-state index in [4.69, 9.17) is 4.74 Å². The summed E-state index contributed by atoms with van der Waals surface area (Å²) in [6.07, 6.45) is 2.96. The van der Waals surface area contributed by atoms with E-state index < -0.39 is 0 Å². The van der Waals surface area contributed by atoms with Crippen LogP contribution in [0.15, 0.2) is 78.9 Å². The average molecular weight is 472 g/mol. The predicted molar refractivity (Wildman–Crippen MR) is 140 cm³/mol. The third kappa shape index (κ3) is 6.93. The van der Waals surface area contributed by atoms with Crippen LogP contribution in [0.5, 0.6) is 5.75 Å². The molecule has 2 N–H and O–H groups in total. The number of nitrogens with one attached hydrogen (secondary N) is 2. The fraction of sp³-hybridized carbons (Fsp3) is 0.310. The van der Waals surface area contributed by atoms with Gasteiger partial charge >= 0.3 is 0 Å². The molecule has 2 amide bonds. The number of anilines is 2. The molecule has 3 aromatic rings. The van der Waals surface area contributed by atoms with Crippen LogP contribution in [-0.2, 0) is 11.3 Å². The predicted octanol–water partition coefficient (Wildman–Crippen LogP) is 5.58. The summed E-state index contributed by atoms with van der Waals surface area (Å²) in [7, 11) is 1.57. The minimum absolute atomic E-state index is 0.0303. The third-order valence-electron chi connectivity index (χ3n) is 6.52. The molecule has 1 aliphatic carbocycles. The van der Waals surface area contributed by atoms with Gasteiger partial charge in [0, 0.05) is 36.8 Å². The van der Waals surface area contributed by atoms with Gasteiger partial charge < -0.3 is 15.4 Å². The van der Waals surface area contributed by atoms with Gasteiger partial charge in [-0.2, -0.15) is 0 Å². The monoisotopic (exact) mass is 471 g/mol. The molecule has 1 fully saturated rings. The molecule has 1 atom stereocenters. The van der Waals surface area contributed by atoms with E-state index in [9.17, 15) is 9.59 Å². The lowest BCUT2D eigenvalue weighted by Crippen LogP contribution is -2.36. The second-order valence-electron chi connectivity index (χ2n) is 9.06. The van der Waals surface area contributed by atoms with Crippen LogP contribution in [0.25, 0.3) is 0 Å². The first kappa shape index (κ1) is 24.5. The molecule has 1 unspecified atom stereocenters. The standard InChI is InChI=1S/C29H33N3O3/c1-21(23-12-13-23)32(20-22-8-4-3-5-9-22)19-18-28(33)30-25-16-14-24(15-17-25)29(34)31-26-10-6-7-11-27(26)35-2/h3-11,14-17,21,23H,12-13,18-20H2,1-2H3,(H,30,33)(H,31,34). The Labute approximate surface area is 207 Å². The highest BCUT2D eigenvalue weighted by molar-refractivity contribution is 6.05. The summed E-state index contributed by atoms with van der Waals surface area (Å²) in [6, 6.07) is 25.1. The summed E-state index contributed by atoms with van der Waals surface area (Å²) >= 11 is 0. The second kappa shape index (κ2) is 11.7. The average Bonchev–Trinajstić information content (AvgIpc) is 3.73. The summed E-state index contributed by atoms with van der Waals surface area (Å²) in [5, 5.41) is 5.82. The summed E-state index contributed by atoms with van der Waals surface area (Å²) in [5.41, 5.74) is 3.05. The molecule has 4 rings (SSSR count). The lowest BCUT2D eigenvalue weighted by atomic mass is 10.1. The van der Waals surface area contributed by atoms with E-state index in [1.807, 2.05) is 18.2 Å². The van der Waals surface area contributed by atoms with Gasteiger partial charge in [0.2, 0.25) is 5.91 Å². The maximum absolute atomic E-state index is 12.7. The number of para-hydroxylation sites is 2. The van der Waals surface area contributed by atoms with Crippen molar-refractivity contribution in [3.8, 4) is 5.75 Å². The Morgan fingerprint density at radius 1 is 0.943 bits per heavy atom. The van der Waals surface area contributed by atoms with Gasteiger partial charge in [0.25, 0.3) is 5.91 Å². The van der Waals surface area contributed by atoms with E-state index in [-0.39, 0.29) is 11.8 Å². The normalized spacial score (nSPS) is 13.8. The van der Waals surface area contributed by atoms with Crippen molar-refractivity contribution in [2.45, 2.75) is 38.8 Å². The Hall–Kier alpha value is -3.64. The fourth-order valence-electron chi connectivity index (χ4n) is 4.24. The second-order valence-corrected chi connectivity index (χ2v) is 9.06. The molecule has 0 spiro atoms. The number of amides is 2. The van der Waals surface area contributed by atoms with Crippen LogP contribution < -0.4 is 15.4 Å². The van der Waals surface area contributed by atoms with Gasteiger partial charge in [0.15, 0.2) is 0 Å². The topological polar surface area (TPSA) is 70.7 Å². The summed E-state index contributed by atoms with van der Waals surface area (Å²) < 4.78 is 5.28. The molecule has 35 heavy (non-hydrogen) atoms. The number of hydrogen-bond donors (Lipinski definition) is 2. The van der Waals surface area contributed by atoms with Crippen LogP contribution >= 0.6 is 0 Å². The van der Waals surface area contributed by atoms with E-state index in [1.165, 1.54) is 18.4 Å². The zero-order valence-electron chi connectivity index (χ0n) is 20.4. The number of hydrogen-bond acceptors (Lipinski definition) is 4. The van der Waals surface area contributed by atoms with Crippen LogP contribution in [0.4, 0.5) is 11.4 Å². The highest BCUT2D eigenvalue weighted by atomic mass is 16.5. The first-order valence-electron chi connectivity index (χ1n) is 12.2. The van der Waals surface area contributed by atoms with Crippen molar-refractivity contribution in [1.82, 2.24) is 4.90 Å². The van der Waals surface area contributed by atoms with Crippen LogP contribution in [0.2, 0.25) is 0 Å². The Morgan fingerprint density at radius 3 is 2.31 bits per heavy atom. The lowest BCUT2D eigenvalue weighted by Gasteiger charge is -2.29. The molecular weight excluding hydrogens is 438 g/mol. The fourth-order valence-corrected chi connectivity index (χ4v) is 4.24. The van der Waals surface area contributed by atoms with Gasteiger partial charge in [-0.05, 0) is 67.6 Å². The number of rotatable bonds is 11. The number of benzene rings is 3. The minimum Gasteiger partial charge on any atom is -0.495 e. The van der Waals surface area contributed by atoms with E-state index >= 15 is 0 Å². The van der Waals surface area contributed by atoms with E-state index in [0.29, 0.717) is 41.7 Å².